The minimum absolute atomic E-state index is 0.0218. The van der Waals surface area contributed by atoms with Gasteiger partial charge in [-0.05, 0) is 54.5 Å². The maximum atomic E-state index is 13.5. The third kappa shape index (κ3) is 9.89. The predicted octanol–water partition coefficient (Wildman–Crippen LogP) is 5.15. The number of nitrogens with one attached hydrogen (secondary N) is 1. The fraction of sp³-hybridized carbons (Fsp3) is 0.343. The van der Waals surface area contributed by atoms with Gasteiger partial charge in [0.25, 0.3) is 0 Å². The van der Waals surface area contributed by atoms with Crippen molar-refractivity contribution in [1.82, 2.24) is 10.2 Å². The van der Waals surface area contributed by atoms with Gasteiger partial charge in [-0.25, -0.2) is 4.39 Å². The highest BCUT2D eigenvalue weighted by Crippen LogP contribution is 2.24. The van der Waals surface area contributed by atoms with Crippen LogP contribution in [-0.4, -0.2) is 47.5 Å². The highest BCUT2D eigenvalue weighted by atomic mass is 19.1. The summed E-state index contributed by atoms with van der Waals surface area (Å²) in [6.07, 6.45) is 4.91. The summed E-state index contributed by atoms with van der Waals surface area (Å²) in [5.41, 5.74) is 2.52. The number of carbonyl (C=O) groups excluding carboxylic acids is 3. The molecule has 0 spiro atoms. The topological polar surface area (TPSA) is 95.9 Å². The minimum atomic E-state index is -0.720. The van der Waals surface area contributed by atoms with Gasteiger partial charge < -0.3 is 20.1 Å². The molecule has 0 radical (unpaired) electrons. The zero-order valence-electron chi connectivity index (χ0n) is 24.2. The van der Waals surface area contributed by atoms with E-state index in [1.807, 2.05) is 72.8 Å². The first-order chi connectivity index (χ1) is 20.9. The Balaban J connectivity index is 1.52. The number of halogens is 1. The number of benzene rings is 3. The zero-order chi connectivity index (χ0) is 30.4. The average Bonchev–Trinajstić information content (AvgIpc) is 3.03. The predicted molar refractivity (Wildman–Crippen MR) is 162 cm³/mol. The van der Waals surface area contributed by atoms with Crippen LogP contribution in [0.1, 0.15) is 48.5 Å². The first kappa shape index (κ1) is 31.6. The molecular weight excluding hydrogens is 547 g/mol. The van der Waals surface area contributed by atoms with Crippen molar-refractivity contribution in [3.05, 3.63) is 120 Å². The molecule has 8 heteroatoms. The number of hydrogen-bond donors (Lipinski definition) is 2. The Kier molecular flexibility index (Phi) is 12.0. The van der Waals surface area contributed by atoms with E-state index in [-0.39, 0.29) is 49.7 Å². The number of aliphatic hydroxyl groups excluding tert-OH is 1. The standard InChI is InChI=1S/C35H39FN2O5/c36-31-18-16-26(17-19-31)22-30-15-9-3-8-14-29(23-33(40)38(20-21-39)25-27-10-4-1-5-11-27)34(41)37-24-32(43-35(30)42)28-12-6-2-7-13-28/h1-8,10-13,16-19,29-30,32,39H,9,14-15,20-25H2,(H,37,41)/b8-3+/t29-,30-,32-/m0/s1. The molecule has 226 valence electrons. The molecule has 2 amide bonds. The summed E-state index contributed by atoms with van der Waals surface area (Å²) in [7, 11) is 0. The lowest BCUT2D eigenvalue weighted by Crippen LogP contribution is -2.39. The number of allylic oxidation sites excluding steroid dienone is 2. The minimum Gasteiger partial charge on any atom is -0.455 e. The first-order valence-corrected chi connectivity index (χ1v) is 14.8. The number of nitrogens with zero attached hydrogens (tertiary/aromatic N) is 1. The fourth-order valence-electron chi connectivity index (χ4n) is 5.19. The second-order valence-electron chi connectivity index (χ2n) is 10.8. The summed E-state index contributed by atoms with van der Waals surface area (Å²) in [5.74, 6) is -2.34. The maximum absolute atomic E-state index is 13.5. The molecule has 3 aromatic rings. The molecule has 0 aromatic heterocycles. The molecule has 4 rings (SSSR count). The van der Waals surface area contributed by atoms with E-state index >= 15 is 0 Å². The van der Waals surface area contributed by atoms with E-state index in [2.05, 4.69) is 5.32 Å². The van der Waals surface area contributed by atoms with Crippen LogP contribution in [0.25, 0.3) is 0 Å². The van der Waals surface area contributed by atoms with Crippen LogP contribution in [0.2, 0.25) is 0 Å². The van der Waals surface area contributed by atoms with Crippen molar-refractivity contribution in [1.29, 1.82) is 0 Å². The van der Waals surface area contributed by atoms with Crippen LogP contribution in [0.5, 0.6) is 0 Å². The Hall–Kier alpha value is -4.30. The molecule has 2 N–H and O–H groups in total. The molecule has 7 nitrogen and oxygen atoms in total. The van der Waals surface area contributed by atoms with Crippen molar-refractivity contribution in [3.63, 3.8) is 0 Å². The Labute approximate surface area is 252 Å². The number of amides is 2. The van der Waals surface area contributed by atoms with Gasteiger partial charge in [0, 0.05) is 19.5 Å². The molecule has 1 heterocycles. The van der Waals surface area contributed by atoms with E-state index in [9.17, 15) is 23.9 Å². The van der Waals surface area contributed by atoms with Crippen LogP contribution < -0.4 is 5.32 Å². The summed E-state index contributed by atoms with van der Waals surface area (Å²) in [4.78, 5) is 41.8. The third-order valence-corrected chi connectivity index (χ3v) is 7.62. The molecule has 0 aliphatic carbocycles. The van der Waals surface area contributed by atoms with Crippen molar-refractivity contribution in [2.75, 3.05) is 19.7 Å². The third-order valence-electron chi connectivity index (χ3n) is 7.62. The summed E-state index contributed by atoms with van der Waals surface area (Å²) in [5, 5.41) is 12.5. The SMILES string of the molecule is O=C1NC[C@@H](c2ccccc2)OC(=O)[C@H](Cc2ccc(F)cc2)CC/C=C/C[C@H]1CC(=O)N(CCO)Cc1ccccc1. The Morgan fingerprint density at radius 1 is 0.907 bits per heavy atom. The highest BCUT2D eigenvalue weighted by Gasteiger charge is 2.28. The summed E-state index contributed by atoms with van der Waals surface area (Å²) in [6.45, 7) is 0.375. The number of hydrogen-bond acceptors (Lipinski definition) is 5. The monoisotopic (exact) mass is 586 g/mol. The highest BCUT2D eigenvalue weighted by molar-refractivity contribution is 5.86. The molecule has 0 unspecified atom stereocenters. The summed E-state index contributed by atoms with van der Waals surface area (Å²) < 4.78 is 19.5. The smallest absolute Gasteiger partial charge is 0.309 e. The number of carbonyl (C=O) groups is 3. The Bertz CT molecular complexity index is 1350. The molecule has 0 bridgehead atoms. The first-order valence-electron chi connectivity index (χ1n) is 14.8. The van der Waals surface area contributed by atoms with Crippen LogP contribution in [0.3, 0.4) is 0 Å². The van der Waals surface area contributed by atoms with Crippen LogP contribution >= 0.6 is 0 Å². The van der Waals surface area contributed by atoms with Crippen molar-refractivity contribution in [2.45, 2.75) is 44.8 Å². The van der Waals surface area contributed by atoms with E-state index in [4.69, 9.17) is 4.74 Å². The lowest BCUT2D eigenvalue weighted by molar-refractivity contribution is -0.155. The van der Waals surface area contributed by atoms with E-state index in [0.717, 1.165) is 16.7 Å². The number of esters is 1. The zero-order valence-corrected chi connectivity index (χ0v) is 24.2. The van der Waals surface area contributed by atoms with Crippen LogP contribution in [-0.2, 0) is 32.1 Å². The lowest BCUT2D eigenvalue weighted by atomic mass is 9.94. The quantitative estimate of drug-likeness (QED) is 0.267. The molecule has 1 aliphatic heterocycles. The molecule has 0 fully saturated rings. The molecule has 3 atom stereocenters. The molecular formula is C35H39FN2O5. The summed E-state index contributed by atoms with van der Waals surface area (Å²) >= 11 is 0. The van der Waals surface area contributed by atoms with Gasteiger partial charge in [0.2, 0.25) is 11.8 Å². The van der Waals surface area contributed by atoms with Gasteiger partial charge in [-0.3, -0.25) is 14.4 Å². The molecule has 1 aliphatic rings. The van der Waals surface area contributed by atoms with Crippen molar-refractivity contribution >= 4 is 17.8 Å². The average molecular weight is 587 g/mol. The second-order valence-corrected chi connectivity index (χ2v) is 10.8. The number of ether oxygens (including phenoxy) is 1. The van der Waals surface area contributed by atoms with Crippen molar-refractivity contribution in [3.8, 4) is 0 Å². The van der Waals surface area contributed by atoms with E-state index in [1.54, 1.807) is 17.0 Å². The normalized spacial score (nSPS) is 20.5. The number of aliphatic hydroxyl groups is 1. The second kappa shape index (κ2) is 16.4. The van der Waals surface area contributed by atoms with Crippen molar-refractivity contribution in [2.24, 2.45) is 11.8 Å². The van der Waals surface area contributed by atoms with E-state index in [0.29, 0.717) is 32.2 Å². The fourth-order valence-corrected chi connectivity index (χ4v) is 5.19. The molecule has 3 aromatic carbocycles. The van der Waals surface area contributed by atoms with Crippen molar-refractivity contribution < 1.29 is 28.6 Å². The summed E-state index contributed by atoms with van der Waals surface area (Å²) in [6, 6.07) is 24.9. The van der Waals surface area contributed by atoms with Gasteiger partial charge in [0.1, 0.15) is 11.9 Å². The van der Waals surface area contributed by atoms with Crippen LogP contribution in [0.4, 0.5) is 4.39 Å². The van der Waals surface area contributed by atoms with Gasteiger partial charge in [-0.2, -0.15) is 0 Å². The van der Waals surface area contributed by atoms with E-state index in [1.165, 1.54) is 12.1 Å². The lowest BCUT2D eigenvalue weighted by Gasteiger charge is -2.25. The maximum Gasteiger partial charge on any atom is 0.309 e. The van der Waals surface area contributed by atoms with Gasteiger partial charge >= 0.3 is 5.97 Å². The van der Waals surface area contributed by atoms with Gasteiger partial charge in [-0.15, -0.1) is 0 Å². The molecule has 43 heavy (non-hydrogen) atoms. The number of cyclic esters (lactones) is 1. The van der Waals surface area contributed by atoms with Gasteiger partial charge in [-0.1, -0.05) is 84.9 Å². The molecule has 0 saturated heterocycles. The van der Waals surface area contributed by atoms with Crippen LogP contribution in [0, 0.1) is 17.7 Å². The Morgan fingerprint density at radius 3 is 2.30 bits per heavy atom. The van der Waals surface area contributed by atoms with E-state index < -0.39 is 17.9 Å². The molecule has 0 saturated carbocycles. The number of rotatable bonds is 9. The van der Waals surface area contributed by atoms with Crippen LogP contribution in [0.15, 0.2) is 97.1 Å². The van der Waals surface area contributed by atoms with Gasteiger partial charge in [0.05, 0.1) is 25.0 Å². The largest absolute Gasteiger partial charge is 0.455 e. The Morgan fingerprint density at radius 2 is 1.60 bits per heavy atom. The van der Waals surface area contributed by atoms with Gasteiger partial charge in [0.15, 0.2) is 0 Å².